The molecular formula is C25H33N5O. The summed E-state index contributed by atoms with van der Waals surface area (Å²) in [7, 11) is 3.93. The molecule has 164 valence electrons. The van der Waals surface area contributed by atoms with Crippen LogP contribution in [-0.2, 0) is 31.2 Å². The van der Waals surface area contributed by atoms with Gasteiger partial charge in [0.05, 0.1) is 17.6 Å². The van der Waals surface area contributed by atoms with E-state index in [0.29, 0.717) is 13.1 Å². The number of likely N-dealkylation sites (tertiary alicyclic amines) is 1. The molecule has 3 aromatic rings. The van der Waals surface area contributed by atoms with E-state index < -0.39 is 0 Å². The van der Waals surface area contributed by atoms with Gasteiger partial charge >= 0.3 is 0 Å². The number of hydrogen-bond acceptors (Lipinski definition) is 4. The molecular weight excluding hydrogens is 386 g/mol. The number of rotatable bonds is 7. The average molecular weight is 420 g/mol. The number of fused-ring (bicyclic) bond motifs is 1. The van der Waals surface area contributed by atoms with Crippen LogP contribution in [0, 0.1) is 0 Å². The molecule has 0 radical (unpaired) electrons. The van der Waals surface area contributed by atoms with Crippen LogP contribution in [0.15, 0.2) is 42.5 Å². The lowest BCUT2D eigenvalue weighted by Gasteiger charge is -2.28. The Balaban J connectivity index is 1.45. The van der Waals surface area contributed by atoms with Crippen molar-refractivity contribution in [2.24, 2.45) is 12.8 Å². The summed E-state index contributed by atoms with van der Waals surface area (Å²) in [6.07, 6.45) is 5.46. The minimum absolute atomic E-state index is 0.137. The highest BCUT2D eigenvalue weighted by molar-refractivity contribution is 5.96. The number of aromatic nitrogens is 2. The number of amides is 1. The highest BCUT2D eigenvalue weighted by atomic mass is 16.2. The number of piperidine rings is 1. The van der Waals surface area contributed by atoms with Crippen LogP contribution in [0.2, 0.25) is 0 Å². The third kappa shape index (κ3) is 4.97. The van der Waals surface area contributed by atoms with Gasteiger partial charge in [0.2, 0.25) is 5.91 Å². The van der Waals surface area contributed by atoms with Gasteiger partial charge in [-0.15, -0.1) is 0 Å². The third-order valence-electron chi connectivity index (χ3n) is 6.42. The van der Waals surface area contributed by atoms with Crippen LogP contribution in [-0.4, -0.2) is 47.0 Å². The largest absolute Gasteiger partial charge is 0.331 e. The van der Waals surface area contributed by atoms with E-state index in [1.54, 1.807) is 4.90 Å². The van der Waals surface area contributed by atoms with Crippen molar-refractivity contribution in [3.63, 3.8) is 0 Å². The average Bonchev–Trinajstić information content (AvgIpc) is 3.13. The number of hydrogen-bond donors (Lipinski definition) is 1. The van der Waals surface area contributed by atoms with Gasteiger partial charge in [0.15, 0.2) is 0 Å². The van der Waals surface area contributed by atoms with Crippen molar-refractivity contribution < 1.29 is 4.79 Å². The SMILES string of the molecule is CN(C(=O)CN1CCCCC1)c1ccc2c(c1)nc(CCc1ccc(CN)cc1)n2C. The zero-order valence-electron chi connectivity index (χ0n) is 18.7. The van der Waals surface area contributed by atoms with E-state index in [9.17, 15) is 4.79 Å². The predicted molar refractivity (Wildman–Crippen MR) is 126 cm³/mol. The van der Waals surface area contributed by atoms with Crippen molar-refractivity contribution in [1.29, 1.82) is 0 Å². The first-order valence-corrected chi connectivity index (χ1v) is 11.3. The lowest BCUT2D eigenvalue weighted by atomic mass is 10.1. The molecule has 2 N–H and O–H groups in total. The molecule has 4 rings (SSSR count). The van der Waals surface area contributed by atoms with Gasteiger partial charge in [0, 0.05) is 32.7 Å². The highest BCUT2D eigenvalue weighted by Crippen LogP contribution is 2.23. The second-order valence-corrected chi connectivity index (χ2v) is 8.57. The topological polar surface area (TPSA) is 67.4 Å². The fourth-order valence-electron chi connectivity index (χ4n) is 4.33. The van der Waals surface area contributed by atoms with Crippen molar-refractivity contribution in [3.8, 4) is 0 Å². The molecule has 0 aliphatic carbocycles. The Labute approximate surface area is 184 Å². The summed E-state index contributed by atoms with van der Waals surface area (Å²) in [6, 6.07) is 14.6. The Hall–Kier alpha value is -2.70. The lowest BCUT2D eigenvalue weighted by Crippen LogP contribution is -2.40. The van der Waals surface area contributed by atoms with E-state index in [2.05, 4.69) is 46.8 Å². The summed E-state index contributed by atoms with van der Waals surface area (Å²) in [4.78, 5) is 21.7. The number of carbonyl (C=O) groups excluding carboxylic acids is 1. The van der Waals surface area contributed by atoms with Crippen LogP contribution in [0.1, 0.15) is 36.2 Å². The Bertz CT molecular complexity index is 1030. The normalized spacial score (nSPS) is 14.8. The summed E-state index contributed by atoms with van der Waals surface area (Å²) < 4.78 is 2.16. The second kappa shape index (κ2) is 9.62. The van der Waals surface area contributed by atoms with Crippen LogP contribution >= 0.6 is 0 Å². The van der Waals surface area contributed by atoms with Gasteiger partial charge in [-0.05, 0) is 61.7 Å². The van der Waals surface area contributed by atoms with Crippen LogP contribution < -0.4 is 10.6 Å². The molecule has 31 heavy (non-hydrogen) atoms. The van der Waals surface area contributed by atoms with E-state index in [0.717, 1.165) is 54.0 Å². The molecule has 0 bridgehead atoms. The number of benzene rings is 2. The van der Waals surface area contributed by atoms with E-state index in [-0.39, 0.29) is 5.91 Å². The fraction of sp³-hybridized carbons (Fsp3) is 0.440. The first-order valence-electron chi connectivity index (χ1n) is 11.3. The molecule has 1 fully saturated rings. The molecule has 2 heterocycles. The van der Waals surface area contributed by atoms with E-state index in [4.69, 9.17) is 10.7 Å². The number of carbonyl (C=O) groups is 1. The van der Waals surface area contributed by atoms with Gasteiger partial charge in [0.25, 0.3) is 0 Å². The molecule has 1 amide bonds. The summed E-state index contributed by atoms with van der Waals surface area (Å²) in [6.45, 7) is 3.11. The van der Waals surface area contributed by atoms with Crippen LogP contribution in [0.25, 0.3) is 11.0 Å². The van der Waals surface area contributed by atoms with E-state index in [1.165, 1.54) is 24.8 Å². The number of likely N-dealkylation sites (N-methyl/N-ethyl adjacent to an activating group) is 1. The Kier molecular flexibility index (Phi) is 6.68. The van der Waals surface area contributed by atoms with E-state index in [1.807, 2.05) is 19.2 Å². The molecule has 0 saturated carbocycles. The minimum Gasteiger partial charge on any atom is -0.331 e. The Morgan fingerprint density at radius 3 is 2.45 bits per heavy atom. The quantitative estimate of drug-likeness (QED) is 0.638. The van der Waals surface area contributed by atoms with Crippen molar-refractivity contribution >= 4 is 22.6 Å². The van der Waals surface area contributed by atoms with Gasteiger partial charge in [-0.25, -0.2) is 4.98 Å². The molecule has 1 aromatic heterocycles. The molecule has 6 nitrogen and oxygen atoms in total. The van der Waals surface area contributed by atoms with Crippen molar-refractivity contribution in [2.75, 3.05) is 31.6 Å². The van der Waals surface area contributed by atoms with Crippen LogP contribution in [0.4, 0.5) is 5.69 Å². The number of anilines is 1. The monoisotopic (exact) mass is 419 g/mol. The maximum atomic E-state index is 12.8. The molecule has 0 unspecified atom stereocenters. The van der Waals surface area contributed by atoms with E-state index >= 15 is 0 Å². The van der Waals surface area contributed by atoms with Gasteiger partial charge in [-0.1, -0.05) is 30.7 Å². The maximum Gasteiger partial charge on any atom is 0.240 e. The summed E-state index contributed by atoms with van der Waals surface area (Å²) in [5.74, 6) is 1.19. The van der Waals surface area contributed by atoms with Crippen molar-refractivity contribution in [3.05, 3.63) is 59.4 Å². The lowest BCUT2D eigenvalue weighted by molar-refractivity contribution is -0.119. The zero-order chi connectivity index (χ0) is 21.8. The van der Waals surface area contributed by atoms with Gasteiger partial charge < -0.3 is 15.2 Å². The van der Waals surface area contributed by atoms with Crippen LogP contribution in [0.5, 0.6) is 0 Å². The summed E-state index contributed by atoms with van der Waals surface area (Å²) in [5.41, 5.74) is 11.1. The second-order valence-electron chi connectivity index (χ2n) is 8.57. The van der Waals surface area contributed by atoms with Crippen molar-refractivity contribution in [1.82, 2.24) is 14.5 Å². The van der Waals surface area contributed by atoms with Gasteiger partial charge in [0.1, 0.15) is 5.82 Å². The van der Waals surface area contributed by atoms with Crippen LogP contribution in [0.3, 0.4) is 0 Å². The first kappa shape index (κ1) is 21.5. The Morgan fingerprint density at radius 2 is 1.74 bits per heavy atom. The molecule has 1 aliphatic rings. The molecule has 0 atom stereocenters. The standard InChI is InChI=1S/C25H33N5O/c1-28(25(31)18-30-14-4-3-5-15-30)21-11-12-23-22(16-21)27-24(29(23)2)13-10-19-6-8-20(17-26)9-7-19/h6-9,11-12,16H,3-5,10,13-15,17-18,26H2,1-2H3. The molecule has 6 heteroatoms. The predicted octanol–water partition coefficient (Wildman–Crippen LogP) is 3.27. The maximum absolute atomic E-state index is 12.8. The highest BCUT2D eigenvalue weighted by Gasteiger charge is 2.18. The molecule has 0 spiro atoms. The molecule has 2 aromatic carbocycles. The summed E-state index contributed by atoms with van der Waals surface area (Å²) >= 11 is 0. The third-order valence-corrected chi connectivity index (χ3v) is 6.42. The number of aryl methyl sites for hydroxylation is 3. The molecule has 1 aliphatic heterocycles. The van der Waals surface area contributed by atoms with Gasteiger partial charge in [-0.3, -0.25) is 9.69 Å². The number of nitrogens with two attached hydrogens (primary N) is 1. The molecule has 1 saturated heterocycles. The fourth-order valence-corrected chi connectivity index (χ4v) is 4.33. The number of imidazole rings is 1. The van der Waals surface area contributed by atoms with Crippen molar-refractivity contribution in [2.45, 2.75) is 38.6 Å². The Morgan fingerprint density at radius 1 is 1.03 bits per heavy atom. The smallest absolute Gasteiger partial charge is 0.240 e. The number of nitrogens with zero attached hydrogens (tertiary/aromatic N) is 4. The van der Waals surface area contributed by atoms with Gasteiger partial charge in [-0.2, -0.15) is 0 Å². The summed E-state index contributed by atoms with van der Waals surface area (Å²) in [5, 5.41) is 0. The minimum atomic E-state index is 0.137. The first-order chi connectivity index (χ1) is 15.0. The zero-order valence-corrected chi connectivity index (χ0v) is 18.7.